The molecule has 2 nitrogen and oxygen atoms in total. The summed E-state index contributed by atoms with van der Waals surface area (Å²) in [6.45, 7) is 2.77. The summed E-state index contributed by atoms with van der Waals surface area (Å²) >= 11 is 0. The van der Waals surface area contributed by atoms with E-state index in [2.05, 4.69) is 60.8 Å². The van der Waals surface area contributed by atoms with Crippen molar-refractivity contribution in [3.8, 4) is 0 Å². The van der Waals surface area contributed by atoms with Crippen LogP contribution < -0.4 is 5.32 Å². The number of hydrogen-bond donors (Lipinski definition) is 1. The largest absolute Gasteiger partial charge is 0.352 e. The van der Waals surface area contributed by atoms with E-state index in [0.717, 1.165) is 17.4 Å². The third-order valence-corrected chi connectivity index (χ3v) is 4.31. The van der Waals surface area contributed by atoms with Gasteiger partial charge in [0.15, 0.2) is 0 Å². The normalized spacial score (nSPS) is 11.5. The number of amides is 1. The van der Waals surface area contributed by atoms with Crippen molar-refractivity contribution in [2.45, 2.75) is 13.3 Å². The van der Waals surface area contributed by atoms with Crippen molar-refractivity contribution in [1.29, 1.82) is 0 Å². The van der Waals surface area contributed by atoms with Crippen LogP contribution in [0.1, 0.15) is 23.7 Å². The van der Waals surface area contributed by atoms with E-state index in [0.29, 0.717) is 6.54 Å². The molecule has 0 aliphatic rings. The van der Waals surface area contributed by atoms with Gasteiger partial charge in [-0.2, -0.15) is 0 Å². The minimum absolute atomic E-state index is 0.0137. The topological polar surface area (TPSA) is 29.1 Å². The first-order valence-electron chi connectivity index (χ1n) is 7.74. The molecule has 22 heavy (non-hydrogen) atoms. The lowest BCUT2D eigenvalue weighted by molar-refractivity contribution is 0.0955. The van der Waals surface area contributed by atoms with Crippen molar-refractivity contribution in [3.05, 3.63) is 60.2 Å². The second-order valence-corrected chi connectivity index (χ2v) is 5.73. The third-order valence-electron chi connectivity index (χ3n) is 4.31. The average Bonchev–Trinajstić information content (AvgIpc) is 2.57. The maximum absolute atomic E-state index is 12.4. The summed E-state index contributed by atoms with van der Waals surface area (Å²) in [7, 11) is 0. The molecule has 0 atom stereocenters. The number of carbonyl (C=O) groups is 1. The first kappa shape index (κ1) is 13.1. The molecule has 0 heterocycles. The average molecular weight is 287 g/mol. The molecule has 0 aliphatic heterocycles. The van der Waals surface area contributed by atoms with Crippen molar-refractivity contribution in [1.82, 2.24) is 5.32 Å². The number of benzene rings is 4. The van der Waals surface area contributed by atoms with Crippen LogP contribution in [0.3, 0.4) is 0 Å². The van der Waals surface area contributed by atoms with Crippen LogP contribution in [0.25, 0.3) is 32.3 Å². The van der Waals surface area contributed by atoms with Gasteiger partial charge >= 0.3 is 0 Å². The first-order valence-corrected chi connectivity index (χ1v) is 7.74. The molecule has 0 aliphatic carbocycles. The van der Waals surface area contributed by atoms with Gasteiger partial charge in [0, 0.05) is 12.1 Å². The first-order chi connectivity index (χ1) is 10.8. The zero-order valence-corrected chi connectivity index (χ0v) is 12.5. The second-order valence-electron chi connectivity index (χ2n) is 5.73. The Kier molecular flexibility index (Phi) is 2.97. The van der Waals surface area contributed by atoms with E-state index in [9.17, 15) is 4.79 Å². The van der Waals surface area contributed by atoms with Gasteiger partial charge in [0.05, 0.1) is 0 Å². The molecule has 0 spiro atoms. The summed E-state index contributed by atoms with van der Waals surface area (Å²) < 4.78 is 0. The minimum atomic E-state index is 0.0137. The molecule has 0 saturated heterocycles. The van der Waals surface area contributed by atoms with Gasteiger partial charge in [0.25, 0.3) is 5.91 Å². The SMILES string of the molecule is CCCNC(=O)c1ccc2ccc3cccc4ccc1c2c34. The molecule has 2 heteroatoms. The smallest absolute Gasteiger partial charge is 0.251 e. The summed E-state index contributed by atoms with van der Waals surface area (Å²) in [5.74, 6) is 0.0137. The van der Waals surface area contributed by atoms with Gasteiger partial charge in [0.1, 0.15) is 0 Å². The molecule has 0 aromatic heterocycles. The summed E-state index contributed by atoms with van der Waals surface area (Å²) in [5, 5.41) is 10.1. The summed E-state index contributed by atoms with van der Waals surface area (Å²) in [6.07, 6.45) is 0.942. The molecule has 1 N–H and O–H groups in total. The summed E-state index contributed by atoms with van der Waals surface area (Å²) in [6, 6.07) is 18.8. The van der Waals surface area contributed by atoms with E-state index in [1.54, 1.807) is 0 Å². The highest BCUT2D eigenvalue weighted by molar-refractivity contribution is 6.26. The van der Waals surface area contributed by atoms with Crippen molar-refractivity contribution in [2.24, 2.45) is 0 Å². The van der Waals surface area contributed by atoms with Crippen LogP contribution in [0, 0.1) is 0 Å². The van der Waals surface area contributed by atoms with Gasteiger partial charge in [-0.25, -0.2) is 0 Å². The molecule has 0 saturated carbocycles. The highest BCUT2D eigenvalue weighted by Crippen LogP contribution is 2.35. The van der Waals surface area contributed by atoms with E-state index in [1.165, 1.54) is 26.9 Å². The van der Waals surface area contributed by atoms with Gasteiger partial charge in [0.2, 0.25) is 0 Å². The lowest BCUT2D eigenvalue weighted by atomic mass is 9.92. The van der Waals surface area contributed by atoms with Gasteiger partial charge in [-0.15, -0.1) is 0 Å². The number of rotatable bonds is 3. The lowest BCUT2D eigenvalue weighted by Gasteiger charge is -2.13. The van der Waals surface area contributed by atoms with E-state index >= 15 is 0 Å². The molecule has 4 aromatic rings. The lowest BCUT2D eigenvalue weighted by Crippen LogP contribution is -2.24. The van der Waals surface area contributed by atoms with Crippen LogP contribution in [0.2, 0.25) is 0 Å². The van der Waals surface area contributed by atoms with Crippen LogP contribution in [0.15, 0.2) is 54.6 Å². The molecular formula is C20H17NO. The van der Waals surface area contributed by atoms with Gasteiger partial charge in [-0.3, -0.25) is 4.79 Å². The predicted octanol–water partition coefficient (Wildman–Crippen LogP) is 4.72. The summed E-state index contributed by atoms with van der Waals surface area (Å²) in [5.41, 5.74) is 0.763. The number of hydrogen-bond acceptors (Lipinski definition) is 1. The second kappa shape index (κ2) is 4.99. The number of nitrogens with one attached hydrogen (secondary N) is 1. The fourth-order valence-electron chi connectivity index (χ4n) is 3.27. The molecule has 0 bridgehead atoms. The molecule has 108 valence electrons. The third kappa shape index (κ3) is 1.84. The van der Waals surface area contributed by atoms with E-state index in [-0.39, 0.29) is 5.91 Å². The van der Waals surface area contributed by atoms with E-state index in [1.807, 2.05) is 6.07 Å². The van der Waals surface area contributed by atoms with Crippen LogP contribution in [-0.2, 0) is 0 Å². The highest BCUT2D eigenvalue weighted by atomic mass is 16.1. The van der Waals surface area contributed by atoms with Crippen LogP contribution in [0.4, 0.5) is 0 Å². The Morgan fingerprint density at radius 3 is 2.23 bits per heavy atom. The van der Waals surface area contributed by atoms with Gasteiger partial charge in [-0.1, -0.05) is 55.5 Å². The monoisotopic (exact) mass is 287 g/mol. The quantitative estimate of drug-likeness (QED) is 0.542. The van der Waals surface area contributed by atoms with Crippen molar-refractivity contribution in [3.63, 3.8) is 0 Å². The molecule has 0 fully saturated rings. The Bertz CT molecular complexity index is 971. The Labute approximate surface area is 129 Å². The molecule has 0 unspecified atom stereocenters. The Hall–Kier alpha value is -2.61. The van der Waals surface area contributed by atoms with E-state index in [4.69, 9.17) is 0 Å². The van der Waals surface area contributed by atoms with Crippen molar-refractivity contribution >= 4 is 38.2 Å². The zero-order chi connectivity index (χ0) is 15.1. The minimum Gasteiger partial charge on any atom is -0.352 e. The van der Waals surface area contributed by atoms with Gasteiger partial charge in [-0.05, 0) is 44.8 Å². The van der Waals surface area contributed by atoms with Crippen LogP contribution in [-0.4, -0.2) is 12.5 Å². The van der Waals surface area contributed by atoms with E-state index < -0.39 is 0 Å². The zero-order valence-electron chi connectivity index (χ0n) is 12.5. The maximum atomic E-state index is 12.4. The van der Waals surface area contributed by atoms with Crippen molar-refractivity contribution < 1.29 is 4.79 Å². The Morgan fingerprint density at radius 2 is 1.50 bits per heavy atom. The van der Waals surface area contributed by atoms with Crippen LogP contribution >= 0.6 is 0 Å². The maximum Gasteiger partial charge on any atom is 0.251 e. The Morgan fingerprint density at radius 1 is 0.864 bits per heavy atom. The molecule has 0 radical (unpaired) electrons. The highest BCUT2D eigenvalue weighted by Gasteiger charge is 2.14. The molecule has 1 amide bonds. The van der Waals surface area contributed by atoms with Gasteiger partial charge < -0.3 is 5.32 Å². The molecule has 4 rings (SSSR count). The van der Waals surface area contributed by atoms with Crippen LogP contribution in [0.5, 0.6) is 0 Å². The molecule has 4 aromatic carbocycles. The fraction of sp³-hybridized carbons (Fsp3) is 0.150. The molecular weight excluding hydrogens is 270 g/mol. The van der Waals surface area contributed by atoms with Crippen molar-refractivity contribution in [2.75, 3.05) is 6.54 Å². The Balaban J connectivity index is 2.06. The predicted molar refractivity (Wildman–Crippen MR) is 92.8 cm³/mol. The summed E-state index contributed by atoms with van der Waals surface area (Å²) in [4.78, 5) is 12.4. The standard InChI is InChI=1S/C20H17NO/c1-2-12-21-20(22)17-11-9-15-7-6-13-4-3-5-14-8-10-16(17)19(15)18(13)14/h3-11H,2,12H2,1H3,(H,21,22). The number of carbonyl (C=O) groups excluding carboxylic acids is 1. The fourth-order valence-corrected chi connectivity index (χ4v) is 3.27.